The highest BCUT2D eigenvalue weighted by Crippen LogP contribution is 2.23. The van der Waals surface area contributed by atoms with E-state index >= 15 is 0 Å². The number of anilines is 2. The molecule has 3 heterocycles. The summed E-state index contributed by atoms with van der Waals surface area (Å²) < 4.78 is 0. The maximum Gasteiger partial charge on any atom is 0.227 e. The average molecular weight is 366 g/mol. The van der Waals surface area contributed by atoms with Gasteiger partial charge in [-0.25, -0.2) is 4.98 Å². The molecule has 4 rings (SSSR count). The van der Waals surface area contributed by atoms with E-state index in [2.05, 4.69) is 64.9 Å². The molecule has 1 aromatic heterocycles. The summed E-state index contributed by atoms with van der Waals surface area (Å²) in [4.78, 5) is 17.0. The lowest BCUT2D eigenvalue weighted by Crippen LogP contribution is -2.46. The van der Waals surface area contributed by atoms with Crippen LogP contribution in [0.15, 0.2) is 36.4 Å². The molecule has 0 saturated carbocycles. The second-order valence-corrected chi connectivity index (χ2v) is 8.11. The van der Waals surface area contributed by atoms with Gasteiger partial charge in [-0.15, -0.1) is 0 Å². The Morgan fingerprint density at radius 3 is 2.48 bits per heavy atom. The third-order valence-corrected chi connectivity index (χ3v) is 5.71. The number of hydrogen-bond donors (Lipinski definition) is 0. The summed E-state index contributed by atoms with van der Waals surface area (Å²) >= 11 is 0. The number of nitrogens with zero attached hydrogens (tertiary/aromatic N) is 5. The maximum atomic E-state index is 4.95. The molecule has 0 bridgehead atoms. The zero-order valence-electron chi connectivity index (χ0n) is 16.6. The first-order valence-electron chi connectivity index (χ1n) is 10.3. The van der Waals surface area contributed by atoms with Crippen LogP contribution in [0, 0.1) is 12.8 Å². The third-order valence-electron chi connectivity index (χ3n) is 5.71. The largest absolute Gasteiger partial charge is 0.354 e. The number of benzene rings is 1. The van der Waals surface area contributed by atoms with E-state index in [1.807, 2.05) is 0 Å². The molecule has 0 radical (unpaired) electrons. The molecule has 0 N–H and O–H groups in total. The van der Waals surface area contributed by atoms with Crippen LogP contribution in [-0.4, -0.2) is 54.1 Å². The minimum Gasteiger partial charge on any atom is -0.354 e. The van der Waals surface area contributed by atoms with Gasteiger partial charge in [-0.2, -0.15) is 4.98 Å². The van der Waals surface area contributed by atoms with Crippen molar-refractivity contribution in [3.8, 4) is 0 Å². The van der Waals surface area contributed by atoms with E-state index in [0.29, 0.717) is 0 Å². The maximum absolute atomic E-state index is 4.95. The van der Waals surface area contributed by atoms with Crippen LogP contribution < -0.4 is 9.80 Å². The smallest absolute Gasteiger partial charge is 0.227 e. The second kappa shape index (κ2) is 8.26. The van der Waals surface area contributed by atoms with E-state index in [9.17, 15) is 0 Å². The Morgan fingerprint density at radius 2 is 1.74 bits per heavy atom. The quantitative estimate of drug-likeness (QED) is 0.830. The van der Waals surface area contributed by atoms with Gasteiger partial charge >= 0.3 is 0 Å². The summed E-state index contributed by atoms with van der Waals surface area (Å²) in [6, 6.07) is 12.9. The number of aryl methyl sites for hydroxylation is 1. The SMILES string of the molecule is Cc1cc(N2CCN(Cc3ccccc3)CC2)nc(N2CCCC(C)C2)n1. The van der Waals surface area contributed by atoms with Gasteiger partial charge < -0.3 is 9.80 Å². The van der Waals surface area contributed by atoms with Crippen molar-refractivity contribution in [1.82, 2.24) is 14.9 Å². The molecule has 1 atom stereocenters. The van der Waals surface area contributed by atoms with Crippen LogP contribution in [0.3, 0.4) is 0 Å². The predicted octanol–water partition coefficient (Wildman–Crippen LogP) is 3.34. The zero-order chi connectivity index (χ0) is 18.6. The molecular formula is C22H31N5. The molecule has 2 aliphatic rings. The van der Waals surface area contributed by atoms with Gasteiger partial charge in [-0.1, -0.05) is 37.3 Å². The van der Waals surface area contributed by atoms with Gasteiger partial charge in [0.25, 0.3) is 0 Å². The molecule has 1 unspecified atom stereocenters. The Labute approximate surface area is 163 Å². The fraction of sp³-hybridized carbons (Fsp3) is 0.545. The van der Waals surface area contributed by atoms with Gasteiger partial charge in [0.05, 0.1) is 0 Å². The van der Waals surface area contributed by atoms with Crippen molar-refractivity contribution >= 4 is 11.8 Å². The summed E-state index contributed by atoms with van der Waals surface area (Å²) in [5.41, 5.74) is 2.46. The molecule has 144 valence electrons. The highest BCUT2D eigenvalue weighted by Gasteiger charge is 2.22. The molecule has 0 amide bonds. The highest BCUT2D eigenvalue weighted by atomic mass is 15.3. The van der Waals surface area contributed by atoms with Gasteiger partial charge in [0.2, 0.25) is 5.95 Å². The molecule has 2 aromatic rings. The van der Waals surface area contributed by atoms with Crippen LogP contribution in [0.1, 0.15) is 31.0 Å². The summed E-state index contributed by atoms with van der Waals surface area (Å²) in [7, 11) is 0. The molecule has 27 heavy (non-hydrogen) atoms. The van der Waals surface area contributed by atoms with Crippen LogP contribution in [0.2, 0.25) is 0 Å². The number of hydrogen-bond acceptors (Lipinski definition) is 5. The minimum atomic E-state index is 0.729. The highest BCUT2D eigenvalue weighted by molar-refractivity contribution is 5.46. The molecule has 0 spiro atoms. The van der Waals surface area contributed by atoms with Crippen LogP contribution in [0.25, 0.3) is 0 Å². The Balaban J connectivity index is 1.40. The van der Waals surface area contributed by atoms with Gasteiger partial charge in [0.15, 0.2) is 0 Å². The van der Waals surface area contributed by atoms with Crippen molar-refractivity contribution in [2.24, 2.45) is 5.92 Å². The van der Waals surface area contributed by atoms with Gasteiger partial charge in [-0.3, -0.25) is 4.90 Å². The number of rotatable bonds is 4. The van der Waals surface area contributed by atoms with E-state index in [-0.39, 0.29) is 0 Å². The first kappa shape index (κ1) is 18.2. The van der Waals surface area contributed by atoms with E-state index in [1.165, 1.54) is 18.4 Å². The molecule has 0 aliphatic carbocycles. The Hall–Kier alpha value is -2.14. The molecular weight excluding hydrogens is 334 g/mol. The topological polar surface area (TPSA) is 35.5 Å². The first-order chi connectivity index (χ1) is 13.2. The number of aromatic nitrogens is 2. The normalized spacial score (nSPS) is 21.5. The Bertz CT molecular complexity index is 740. The summed E-state index contributed by atoms with van der Waals surface area (Å²) in [6.07, 6.45) is 2.56. The lowest BCUT2D eigenvalue weighted by atomic mass is 10.0. The fourth-order valence-corrected chi connectivity index (χ4v) is 4.19. The Morgan fingerprint density at radius 1 is 0.963 bits per heavy atom. The molecule has 2 aliphatic heterocycles. The van der Waals surface area contributed by atoms with Crippen molar-refractivity contribution in [3.05, 3.63) is 47.7 Å². The lowest BCUT2D eigenvalue weighted by Gasteiger charge is -2.36. The van der Waals surface area contributed by atoms with Crippen LogP contribution in [0.4, 0.5) is 11.8 Å². The molecule has 5 heteroatoms. The molecule has 1 aromatic carbocycles. The first-order valence-corrected chi connectivity index (χ1v) is 10.3. The number of piperazine rings is 1. The summed E-state index contributed by atoms with van der Waals surface area (Å²) in [6.45, 7) is 11.8. The van der Waals surface area contributed by atoms with Gasteiger partial charge in [0.1, 0.15) is 5.82 Å². The summed E-state index contributed by atoms with van der Waals surface area (Å²) in [5, 5.41) is 0. The standard InChI is InChI=1S/C22H31N5/c1-18-7-6-10-27(16-18)22-23-19(2)15-21(24-22)26-13-11-25(12-14-26)17-20-8-4-3-5-9-20/h3-5,8-9,15,18H,6-7,10-14,16-17H2,1-2H3. The van der Waals surface area contributed by atoms with E-state index in [4.69, 9.17) is 9.97 Å². The van der Waals surface area contributed by atoms with Crippen molar-refractivity contribution < 1.29 is 0 Å². The Kier molecular flexibility index (Phi) is 5.58. The third kappa shape index (κ3) is 4.59. The minimum absolute atomic E-state index is 0.729. The fourth-order valence-electron chi connectivity index (χ4n) is 4.19. The van der Waals surface area contributed by atoms with Crippen molar-refractivity contribution in [2.75, 3.05) is 49.1 Å². The predicted molar refractivity (Wildman–Crippen MR) is 111 cm³/mol. The van der Waals surface area contributed by atoms with Crippen LogP contribution in [0.5, 0.6) is 0 Å². The number of piperidine rings is 1. The van der Waals surface area contributed by atoms with Crippen molar-refractivity contribution in [1.29, 1.82) is 0 Å². The van der Waals surface area contributed by atoms with E-state index in [1.54, 1.807) is 0 Å². The van der Waals surface area contributed by atoms with Crippen molar-refractivity contribution in [3.63, 3.8) is 0 Å². The van der Waals surface area contributed by atoms with Gasteiger partial charge in [-0.05, 0) is 31.2 Å². The second-order valence-electron chi connectivity index (χ2n) is 8.11. The average Bonchev–Trinajstić information content (AvgIpc) is 2.69. The van der Waals surface area contributed by atoms with Crippen LogP contribution in [-0.2, 0) is 6.54 Å². The van der Waals surface area contributed by atoms with Gasteiger partial charge in [0, 0.05) is 57.6 Å². The van der Waals surface area contributed by atoms with Crippen molar-refractivity contribution in [2.45, 2.75) is 33.2 Å². The lowest BCUT2D eigenvalue weighted by molar-refractivity contribution is 0.249. The van der Waals surface area contributed by atoms with Crippen LogP contribution >= 0.6 is 0 Å². The summed E-state index contributed by atoms with van der Waals surface area (Å²) in [5.74, 6) is 2.74. The monoisotopic (exact) mass is 365 g/mol. The van der Waals surface area contributed by atoms with E-state index < -0.39 is 0 Å². The van der Waals surface area contributed by atoms with E-state index in [0.717, 1.165) is 69.2 Å². The molecule has 2 saturated heterocycles. The molecule has 5 nitrogen and oxygen atoms in total. The zero-order valence-corrected chi connectivity index (χ0v) is 16.6. The molecule has 2 fully saturated rings.